The van der Waals surface area contributed by atoms with Crippen molar-refractivity contribution in [1.29, 1.82) is 0 Å². The number of allylic oxidation sites excluding steroid dienone is 1. The predicted octanol–water partition coefficient (Wildman–Crippen LogP) is 4.76. The van der Waals surface area contributed by atoms with Gasteiger partial charge in [-0.3, -0.25) is 19.9 Å². The van der Waals surface area contributed by atoms with Crippen LogP contribution in [0.15, 0.2) is 46.8 Å². The highest BCUT2D eigenvalue weighted by atomic mass is 79.9. The van der Waals surface area contributed by atoms with E-state index in [0.717, 1.165) is 6.20 Å². The molecule has 128 valence electrons. The third kappa shape index (κ3) is 4.58. The molecular formula is C16H17BrFN3O3. The van der Waals surface area contributed by atoms with E-state index in [1.165, 1.54) is 12.1 Å². The number of nitrogens with zero attached hydrogens (tertiary/aromatic N) is 2. The fraction of sp³-hybridized carbons (Fsp3) is 0.250. The van der Waals surface area contributed by atoms with E-state index in [2.05, 4.69) is 39.4 Å². The summed E-state index contributed by atoms with van der Waals surface area (Å²) in [6.45, 7) is 11.5. The predicted molar refractivity (Wildman–Crippen MR) is 95.9 cm³/mol. The molecule has 0 radical (unpaired) electrons. The summed E-state index contributed by atoms with van der Waals surface area (Å²) in [4.78, 5) is 26.7. The second kappa shape index (κ2) is 7.48. The molecule has 0 aliphatic carbocycles. The Bertz CT molecular complexity index is 752. The van der Waals surface area contributed by atoms with Crippen LogP contribution in [0.5, 0.6) is 0 Å². The van der Waals surface area contributed by atoms with Crippen molar-refractivity contribution < 1.29 is 14.1 Å². The van der Waals surface area contributed by atoms with E-state index in [-0.39, 0.29) is 17.0 Å². The van der Waals surface area contributed by atoms with E-state index in [9.17, 15) is 19.3 Å². The van der Waals surface area contributed by atoms with Crippen LogP contribution < -0.4 is 5.32 Å². The van der Waals surface area contributed by atoms with E-state index < -0.39 is 27.8 Å². The van der Waals surface area contributed by atoms with Crippen LogP contribution in [0.4, 0.5) is 15.8 Å². The number of halogens is 2. The number of rotatable bonds is 5. The molecule has 0 bridgehead atoms. The lowest BCUT2D eigenvalue weighted by Crippen LogP contribution is -2.29. The Morgan fingerprint density at radius 3 is 2.46 bits per heavy atom. The van der Waals surface area contributed by atoms with Gasteiger partial charge in [-0.1, -0.05) is 49.9 Å². The number of aliphatic imine (C=N–C) groups is 1. The first-order chi connectivity index (χ1) is 11.0. The minimum Gasteiger partial charge on any atom is -0.319 e. The fourth-order valence-corrected chi connectivity index (χ4v) is 2.18. The van der Waals surface area contributed by atoms with E-state index in [1.54, 1.807) is 20.8 Å². The van der Waals surface area contributed by atoms with Crippen LogP contribution in [0.25, 0.3) is 0 Å². The van der Waals surface area contributed by atoms with Gasteiger partial charge in [-0.2, -0.15) is 0 Å². The maximum absolute atomic E-state index is 13.8. The molecule has 0 aliphatic rings. The van der Waals surface area contributed by atoms with Crippen LogP contribution in [0.1, 0.15) is 26.3 Å². The summed E-state index contributed by atoms with van der Waals surface area (Å²) < 4.78 is 14.1. The Labute approximate surface area is 147 Å². The van der Waals surface area contributed by atoms with Gasteiger partial charge in [-0.15, -0.1) is 0 Å². The monoisotopic (exact) mass is 397 g/mol. The smallest absolute Gasteiger partial charge is 0.294 e. The maximum Gasteiger partial charge on any atom is 0.294 e. The van der Waals surface area contributed by atoms with Gasteiger partial charge in [0.1, 0.15) is 17.2 Å². The van der Waals surface area contributed by atoms with Crippen molar-refractivity contribution in [2.24, 2.45) is 10.4 Å². The molecule has 24 heavy (non-hydrogen) atoms. The summed E-state index contributed by atoms with van der Waals surface area (Å²) in [6.07, 6.45) is 1.09. The summed E-state index contributed by atoms with van der Waals surface area (Å²) in [5, 5.41) is 13.9. The first-order valence-corrected chi connectivity index (χ1v) is 7.61. The van der Waals surface area contributed by atoms with Gasteiger partial charge in [-0.05, 0) is 6.07 Å². The fourth-order valence-electron chi connectivity index (χ4n) is 1.73. The average Bonchev–Trinajstić information content (AvgIpc) is 2.44. The standard InChI is InChI=1S/C16H17BrFN3O3/c1-6-19-13(9(2)18)11-7-10(17)8-12(21(23)24)14(11)20-15(22)16(3,4)5/h6-8H,1-2H2,3-5H3,(H,20,22). The summed E-state index contributed by atoms with van der Waals surface area (Å²) in [5.41, 5.74) is -1.57. The molecule has 0 aliphatic heterocycles. The third-order valence-corrected chi connectivity index (χ3v) is 3.39. The van der Waals surface area contributed by atoms with Crippen molar-refractivity contribution >= 4 is 38.9 Å². The van der Waals surface area contributed by atoms with Crippen molar-refractivity contribution in [2.45, 2.75) is 20.8 Å². The molecule has 1 aromatic rings. The van der Waals surface area contributed by atoms with Gasteiger partial charge in [0.25, 0.3) is 5.69 Å². The van der Waals surface area contributed by atoms with Crippen molar-refractivity contribution in [1.82, 2.24) is 0 Å². The van der Waals surface area contributed by atoms with Crippen LogP contribution in [0.2, 0.25) is 0 Å². The zero-order valence-corrected chi connectivity index (χ0v) is 15.1. The molecule has 0 fully saturated rings. The second-order valence-electron chi connectivity index (χ2n) is 5.87. The number of anilines is 1. The highest BCUT2D eigenvalue weighted by molar-refractivity contribution is 9.10. The first kappa shape index (κ1) is 19.7. The number of carbonyl (C=O) groups excluding carboxylic acids is 1. The SMILES string of the molecule is C=CN=C(C(=C)F)c1cc(Br)cc([N+](=O)[O-])c1NC(=O)C(C)(C)C. The second-order valence-corrected chi connectivity index (χ2v) is 6.79. The normalized spacial score (nSPS) is 11.8. The van der Waals surface area contributed by atoms with E-state index in [4.69, 9.17) is 0 Å². The molecular weight excluding hydrogens is 381 g/mol. The van der Waals surface area contributed by atoms with E-state index >= 15 is 0 Å². The van der Waals surface area contributed by atoms with Crippen LogP contribution >= 0.6 is 15.9 Å². The Kier molecular flexibility index (Phi) is 6.14. The molecule has 1 rings (SSSR count). The highest BCUT2D eigenvalue weighted by Gasteiger charge is 2.29. The molecule has 0 unspecified atom stereocenters. The van der Waals surface area contributed by atoms with Crippen LogP contribution in [0.3, 0.4) is 0 Å². The van der Waals surface area contributed by atoms with Gasteiger partial charge in [-0.25, -0.2) is 4.39 Å². The number of nitro benzene ring substituents is 1. The third-order valence-electron chi connectivity index (χ3n) is 2.93. The van der Waals surface area contributed by atoms with Crippen LogP contribution in [-0.4, -0.2) is 16.5 Å². The van der Waals surface area contributed by atoms with Gasteiger partial charge < -0.3 is 5.32 Å². The number of nitro groups is 1. The van der Waals surface area contributed by atoms with Crippen molar-refractivity contribution in [2.75, 3.05) is 5.32 Å². The van der Waals surface area contributed by atoms with E-state index in [0.29, 0.717) is 4.47 Å². The minimum absolute atomic E-state index is 0.0288. The molecule has 8 heteroatoms. The maximum atomic E-state index is 13.8. The molecule has 0 saturated carbocycles. The number of benzene rings is 1. The van der Waals surface area contributed by atoms with Gasteiger partial charge in [0.2, 0.25) is 5.91 Å². The van der Waals surface area contributed by atoms with Gasteiger partial charge in [0, 0.05) is 27.7 Å². The van der Waals surface area contributed by atoms with Gasteiger partial charge in [0.05, 0.1) is 4.92 Å². The van der Waals surface area contributed by atoms with Crippen molar-refractivity contribution in [3.05, 3.63) is 57.5 Å². The molecule has 1 amide bonds. The number of nitrogens with one attached hydrogen (secondary N) is 1. The molecule has 0 heterocycles. The van der Waals surface area contributed by atoms with Crippen LogP contribution in [-0.2, 0) is 4.79 Å². The van der Waals surface area contributed by atoms with Gasteiger partial charge in [0.15, 0.2) is 0 Å². The molecule has 0 saturated heterocycles. The number of carbonyl (C=O) groups is 1. The zero-order chi connectivity index (χ0) is 18.7. The summed E-state index contributed by atoms with van der Waals surface area (Å²) in [6, 6.07) is 2.63. The lowest BCUT2D eigenvalue weighted by molar-refractivity contribution is -0.384. The molecule has 6 nitrogen and oxygen atoms in total. The number of amides is 1. The number of hydrogen-bond donors (Lipinski definition) is 1. The molecule has 1 aromatic carbocycles. The Morgan fingerprint density at radius 2 is 2.04 bits per heavy atom. The van der Waals surface area contributed by atoms with Gasteiger partial charge >= 0.3 is 0 Å². The van der Waals surface area contributed by atoms with Crippen molar-refractivity contribution in [3.63, 3.8) is 0 Å². The van der Waals surface area contributed by atoms with Crippen molar-refractivity contribution in [3.8, 4) is 0 Å². The zero-order valence-electron chi connectivity index (χ0n) is 13.5. The molecule has 0 atom stereocenters. The molecule has 0 spiro atoms. The Hall–Kier alpha value is -2.35. The first-order valence-electron chi connectivity index (χ1n) is 6.82. The quantitative estimate of drug-likeness (QED) is 0.441. The summed E-state index contributed by atoms with van der Waals surface area (Å²) in [5.74, 6) is -1.37. The Balaban J connectivity index is 3.72. The Morgan fingerprint density at radius 1 is 1.46 bits per heavy atom. The average molecular weight is 398 g/mol. The lowest BCUT2D eigenvalue weighted by Gasteiger charge is -2.19. The number of hydrogen-bond acceptors (Lipinski definition) is 4. The highest BCUT2D eigenvalue weighted by Crippen LogP contribution is 2.35. The lowest BCUT2D eigenvalue weighted by atomic mass is 9.95. The molecule has 0 aromatic heterocycles. The van der Waals surface area contributed by atoms with E-state index in [1.807, 2.05) is 0 Å². The summed E-state index contributed by atoms with van der Waals surface area (Å²) in [7, 11) is 0. The van der Waals surface area contributed by atoms with Crippen LogP contribution in [0, 0.1) is 15.5 Å². The minimum atomic E-state index is -0.909. The molecule has 1 N–H and O–H groups in total. The topological polar surface area (TPSA) is 84.6 Å². The largest absolute Gasteiger partial charge is 0.319 e. The summed E-state index contributed by atoms with van der Waals surface area (Å²) >= 11 is 3.14.